The van der Waals surface area contributed by atoms with Gasteiger partial charge in [0.15, 0.2) is 0 Å². The molecule has 3 nitrogen and oxygen atoms in total. The van der Waals surface area contributed by atoms with E-state index in [9.17, 15) is 9.59 Å². The van der Waals surface area contributed by atoms with Gasteiger partial charge in [-0.2, -0.15) is 0 Å². The SMILES string of the molecule is [B][C@@]1(C)C(=O)OC(=O)[C@@]1(C)[C@H](C)C(=C)C(F)(F)C(C)(C)C(C)(C)C(C)(C)CC(C)(C)C. The van der Waals surface area contributed by atoms with Crippen LogP contribution in [0.5, 0.6) is 0 Å². The van der Waals surface area contributed by atoms with E-state index in [-0.39, 0.29) is 5.41 Å². The summed E-state index contributed by atoms with van der Waals surface area (Å²) in [6.07, 6.45) is 0.744. The van der Waals surface area contributed by atoms with Gasteiger partial charge >= 0.3 is 11.9 Å². The molecule has 0 saturated carbocycles. The zero-order chi connectivity index (χ0) is 25.2. The van der Waals surface area contributed by atoms with Gasteiger partial charge in [-0.1, -0.05) is 82.7 Å². The lowest BCUT2D eigenvalue weighted by Crippen LogP contribution is -2.56. The summed E-state index contributed by atoms with van der Waals surface area (Å²) in [5, 5.41) is -1.73. The van der Waals surface area contributed by atoms with Crippen LogP contribution in [0.1, 0.15) is 89.5 Å². The summed E-state index contributed by atoms with van der Waals surface area (Å²) in [5.41, 5.74) is -4.88. The highest BCUT2D eigenvalue weighted by molar-refractivity contribution is 6.32. The molecule has 0 spiro atoms. The van der Waals surface area contributed by atoms with Crippen LogP contribution >= 0.6 is 0 Å². The highest BCUT2D eigenvalue weighted by atomic mass is 19.3. The van der Waals surface area contributed by atoms with Gasteiger partial charge in [0, 0.05) is 10.7 Å². The number of rotatable bonds is 7. The maximum Gasteiger partial charge on any atom is 0.320 e. The summed E-state index contributed by atoms with van der Waals surface area (Å²) in [6, 6.07) is 0. The number of allylic oxidation sites excluding steroid dienone is 1. The number of hydrogen-bond donors (Lipinski definition) is 0. The lowest BCUT2D eigenvalue weighted by molar-refractivity contribution is -0.179. The van der Waals surface area contributed by atoms with Gasteiger partial charge in [-0.3, -0.25) is 9.59 Å². The van der Waals surface area contributed by atoms with Crippen LogP contribution in [0.25, 0.3) is 0 Å². The molecule has 6 heteroatoms. The van der Waals surface area contributed by atoms with Crippen molar-refractivity contribution in [3.63, 3.8) is 0 Å². The van der Waals surface area contributed by atoms with Crippen molar-refractivity contribution in [2.75, 3.05) is 0 Å². The molecule has 1 fully saturated rings. The molecular weight excluding hydrogens is 397 g/mol. The molecule has 1 rings (SSSR count). The summed E-state index contributed by atoms with van der Waals surface area (Å²) < 4.78 is 37.2. The van der Waals surface area contributed by atoms with Crippen molar-refractivity contribution in [3.8, 4) is 0 Å². The lowest BCUT2D eigenvalue weighted by atomic mass is 9.47. The summed E-state index contributed by atoms with van der Waals surface area (Å²) in [6.45, 7) is 25.2. The number of halogens is 2. The summed E-state index contributed by atoms with van der Waals surface area (Å²) in [4.78, 5) is 24.7. The van der Waals surface area contributed by atoms with Gasteiger partial charge in [0.05, 0.1) is 13.3 Å². The fourth-order valence-electron chi connectivity index (χ4n) is 5.15. The number of carbonyl (C=O) groups is 2. The number of hydrogen-bond acceptors (Lipinski definition) is 3. The Kier molecular flexibility index (Phi) is 6.66. The molecule has 1 heterocycles. The van der Waals surface area contributed by atoms with Gasteiger partial charge in [0.2, 0.25) is 0 Å². The first kappa shape index (κ1) is 27.8. The van der Waals surface area contributed by atoms with E-state index < -0.39 is 56.3 Å². The second-order valence-electron chi connectivity index (χ2n) is 12.8. The number of ether oxygens (including phenoxy) is 1. The normalized spacial score (nSPS) is 27.3. The monoisotopic (exact) mass is 438 g/mol. The van der Waals surface area contributed by atoms with Crippen molar-refractivity contribution >= 4 is 19.8 Å². The first-order chi connectivity index (χ1) is 13.3. The quantitative estimate of drug-likeness (QED) is 0.191. The standard InChI is InChI=1S/C25H41BF2O3/c1-15(23(12)17(29)31-18(30)24(23,13)26)16(2)25(27,28)22(10,11)21(8,9)20(6,7)14-19(3,4)5/h15H,2,14H2,1,3-13H3/t15-,23-,24+/m1/s1. The van der Waals surface area contributed by atoms with Gasteiger partial charge in [0.1, 0.15) is 0 Å². The fraction of sp³-hybridized carbons (Fsp3) is 0.840. The Hall–Kier alpha value is -1.20. The van der Waals surface area contributed by atoms with Crippen molar-refractivity contribution in [1.82, 2.24) is 0 Å². The Morgan fingerprint density at radius 1 is 0.968 bits per heavy atom. The molecule has 0 amide bonds. The molecular formula is C25H41BF2O3. The molecule has 1 aliphatic heterocycles. The van der Waals surface area contributed by atoms with Gasteiger partial charge in [-0.05, 0) is 41.1 Å². The highest BCUT2D eigenvalue weighted by Crippen LogP contribution is 2.65. The third-order valence-electron chi connectivity index (χ3n) is 8.92. The summed E-state index contributed by atoms with van der Waals surface area (Å²) in [5.74, 6) is -6.24. The highest BCUT2D eigenvalue weighted by Gasteiger charge is 2.67. The minimum absolute atomic E-state index is 0.0424. The second-order valence-corrected chi connectivity index (χ2v) is 12.8. The second kappa shape index (κ2) is 7.41. The molecule has 1 aliphatic rings. The van der Waals surface area contributed by atoms with Gasteiger partial charge < -0.3 is 4.74 Å². The zero-order valence-corrected chi connectivity index (χ0v) is 21.5. The van der Waals surface area contributed by atoms with E-state index in [0.717, 1.165) is 6.42 Å². The Morgan fingerprint density at radius 3 is 1.71 bits per heavy atom. The first-order valence-electron chi connectivity index (χ1n) is 10.9. The predicted octanol–water partition coefficient (Wildman–Crippen LogP) is 6.77. The number of cyclic esters (lactones) is 2. The Morgan fingerprint density at radius 2 is 1.39 bits per heavy atom. The third kappa shape index (κ3) is 3.90. The van der Waals surface area contributed by atoms with Crippen molar-refractivity contribution < 1.29 is 23.1 Å². The average Bonchev–Trinajstić information content (AvgIpc) is 2.70. The van der Waals surface area contributed by atoms with Crippen LogP contribution in [-0.4, -0.2) is 25.7 Å². The molecule has 0 aromatic carbocycles. The maximum absolute atomic E-state index is 16.2. The van der Waals surface area contributed by atoms with Gasteiger partial charge in [-0.25, -0.2) is 8.78 Å². The number of esters is 2. The lowest BCUT2D eigenvalue weighted by Gasteiger charge is -2.57. The van der Waals surface area contributed by atoms with Crippen LogP contribution in [0.3, 0.4) is 0 Å². The van der Waals surface area contributed by atoms with E-state index in [1.165, 1.54) is 20.8 Å². The average molecular weight is 438 g/mol. The van der Waals surface area contributed by atoms with Crippen LogP contribution in [0.2, 0.25) is 5.31 Å². The molecule has 0 aromatic heterocycles. The largest absolute Gasteiger partial charge is 0.393 e. The predicted molar refractivity (Wildman–Crippen MR) is 122 cm³/mol. The number of alkyl halides is 2. The minimum atomic E-state index is -3.35. The van der Waals surface area contributed by atoms with Crippen LogP contribution in [0, 0.1) is 33.0 Å². The molecule has 3 atom stereocenters. The molecule has 2 radical (unpaired) electrons. The van der Waals surface area contributed by atoms with E-state index in [2.05, 4.69) is 27.4 Å². The molecule has 0 aliphatic carbocycles. The van der Waals surface area contributed by atoms with Crippen LogP contribution in [0.4, 0.5) is 8.78 Å². The Labute approximate surface area is 189 Å². The van der Waals surface area contributed by atoms with E-state index in [4.69, 9.17) is 12.6 Å². The number of carbonyl (C=O) groups excluding carboxylic acids is 2. The van der Waals surface area contributed by atoms with Crippen molar-refractivity contribution in [1.29, 1.82) is 0 Å². The Bertz CT molecular complexity index is 772. The molecule has 0 bridgehead atoms. The molecule has 176 valence electrons. The van der Waals surface area contributed by atoms with E-state index in [0.29, 0.717) is 0 Å². The van der Waals surface area contributed by atoms with Crippen molar-refractivity contribution in [3.05, 3.63) is 12.2 Å². The van der Waals surface area contributed by atoms with Crippen molar-refractivity contribution in [2.24, 2.45) is 33.0 Å². The smallest absolute Gasteiger partial charge is 0.320 e. The molecule has 0 N–H and O–H groups in total. The van der Waals surface area contributed by atoms with Crippen molar-refractivity contribution in [2.45, 2.75) is 101 Å². The third-order valence-corrected chi connectivity index (χ3v) is 8.92. The summed E-state index contributed by atoms with van der Waals surface area (Å²) >= 11 is 0. The van der Waals surface area contributed by atoms with Crippen LogP contribution < -0.4 is 0 Å². The zero-order valence-electron chi connectivity index (χ0n) is 21.5. The van der Waals surface area contributed by atoms with Crippen LogP contribution in [0.15, 0.2) is 12.2 Å². The molecule has 1 saturated heterocycles. The molecule has 31 heavy (non-hydrogen) atoms. The van der Waals surface area contributed by atoms with E-state index in [1.54, 1.807) is 13.8 Å². The Balaban J connectivity index is 3.48. The van der Waals surface area contributed by atoms with Crippen LogP contribution in [-0.2, 0) is 14.3 Å². The first-order valence-corrected chi connectivity index (χ1v) is 10.9. The molecule has 0 unspecified atom stereocenters. The van der Waals surface area contributed by atoms with Gasteiger partial charge in [0.25, 0.3) is 5.92 Å². The molecule has 0 aromatic rings. The summed E-state index contributed by atoms with van der Waals surface area (Å²) in [7, 11) is 6.12. The van der Waals surface area contributed by atoms with E-state index in [1.807, 2.05) is 27.7 Å². The van der Waals surface area contributed by atoms with E-state index >= 15 is 8.78 Å². The van der Waals surface area contributed by atoms with Gasteiger partial charge in [-0.15, -0.1) is 0 Å². The fourth-order valence-corrected chi connectivity index (χ4v) is 5.15. The minimum Gasteiger partial charge on any atom is -0.393 e. The maximum atomic E-state index is 16.2. The topological polar surface area (TPSA) is 43.4 Å².